The largest absolute Gasteiger partial charge is 0.476 e. The molecule has 1 aliphatic rings. The lowest BCUT2D eigenvalue weighted by molar-refractivity contribution is 0.316. The molecule has 1 aromatic heterocycles. The summed E-state index contributed by atoms with van der Waals surface area (Å²) in [7, 11) is 0. The highest BCUT2D eigenvalue weighted by Gasteiger charge is 2.21. The van der Waals surface area contributed by atoms with Crippen molar-refractivity contribution >= 4 is 17.6 Å². The van der Waals surface area contributed by atoms with E-state index in [2.05, 4.69) is 15.3 Å². The van der Waals surface area contributed by atoms with E-state index in [4.69, 9.17) is 22.1 Å². The van der Waals surface area contributed by atoms with E-state index in [1.807, 2.05) is 0 Å². The Morgan fingerprint density at radius 1 is 1.59 bits per heavy atom. The molecule has 5 nitrogen and oxygen atoms in total. The van der Waals surface area contributed by atoms with Crippen LogP contribution in [0.2, 0.25) is 5.02 Å². The van der Waals surface area contributed by atoms with E-state index in [9.17, 15) is 0 Å². The number of nitrogens with two attached hydrogens (primary N) is 1. The minimum Gasteiger partial charge on any atom is -0.476 e. The Morgan fingerprint density at radius 2 is 2.41 bits per heavy atom. The SMILES string of the molecule is NC(=NCCOc1ccc(Cl)cn1)NC1CC1. The summed E-state index contributed by atoms with van der Waals surface area (Å²) in [5, 5.41) is 3.69. The predicted octanol–water partition coefficient (Wildman–Crippen LogP) is 1.18. The lowest BCUT2D eigenvalue weighted by Crippen LogP contribution is -2.33. The molecule has 1 heterocycles. The van der Waals surface area contributed by atoms with Gasteiger partial charge in [-0.1, -0.05) is 11.6 Å². The highest BCUT2D eigenvalue weighted by molar-refractivity contribution is 6.30. The minimum atomic E-state index is 0.446. The molecule has 17 heavy (non-hydrogen) atoms. The van der Waals surface area contributed by atoms with Crippen molar-refractivity contribution in [1.82, 2.24) is 10.3 Å². The topological polar surface area (TPSA) is 72.5 Å². The molecule has 0 spiro atoms. The number of rotatable bonds is 5. The van der Waals surface area contributed by atoms with Gasteiger partial charge in [-0.25, -0.2) is 9.98 Å². The number of hydrogen-bond donors (Lipinski definition) is 2. The normalized spacial score (nSPS) is 15.7. The summed E-state index contributed by atoms with van der Waals surface area (Å²) in [6.07, 6.45) is 3.91. The van der Waals surface area contributed by atoms with Crippen LogP contribution in [-0.2, 0) is 0 Å². The van der Waals surface area contributed by atoms with Gasteiger partial charge >= 0.3 is 0 Å². The molecule has 1 saturated carbocycles. The molecule has 2 rings (SSSR count). The average molecular weight is 255 g/mol. The van der Waals surface area contributed by atoms with Crippen molar-refractivity contribution in [2.75, 3.05) is 13.2 Å². The summed E-state index contributed by atoms with van der Waals surface area (Å²) in [5.74, 6) is 1.03. The summed E-state index contributed by atoms with van der Waals surface area (Å²) in [6.45, 7) is 0.956. The first-order chi connectivity index (χ1) is 8.24. The number of nitrogens with one attached hydrogen (secondary N) is 1. The summed E-state index contributed by atoms with van der Waals surface area (Å²) < 4.78 is 5.37. The fraction of sp³-hybridized carbons (Fsp3) is 0.455. The number of hydrogen-bond acceptors (Lipinski definition) is 3. The second-order valence-corrected chi connectivity index (χ2v) is 4.29. The molecule has 0 radical (unpaired) electrons. The van der Waals surface area contributed by atoms with Gasteiger partial charge in [0, 0.05) is 18.3 Å². The quantitative estimate of drug-likeness (QED) is 0.470. The van der Waals surface area contributed by atoms with E-state index in [-0.39, 0.29) is 0 Å². The molecule has 0 aliphatic heterocycles. The van der Waals surface area contributed by atoms with E-state index < -0.39 is 0 Å². The molecule has 0 saturated heterocycles. The van der Waals surface area contributed by atoms with Gasteiger partial charge in [-0.3, -0.25) is 0 Å². The third kappa shape index (κ3) is 4.48. The molecule has 0 bridgehead atoms. The number of nitrogens with zero attached hydrogens (tertiary/aromatic N) is 2. The van der Waals surface area contributed by atoms with Gasteiger partial charge in [-0.15, -0.1) is 0 Å². The number of halogens is 1. The number of aliphatic imine (C=N–C) groups is 1. The monoisotopic (exact) mass is 254 g/mol. The van der Waals surface area contributed by atoms with Crippen LogP contribution in [-0.4, -0.2) is 30.1 Å². The molecule has 0 unspecified atom stereocenters. The first-order valence-corrected chi connectivity index (χ1v) is 5.92. The zero-order valence-electron chi connectivity index (χ0n) is 9.40. The van der Waals surface area contributed by atoms with Gasteiger partial charge in [0.2, 0.25) is 5.88 Å². The second-order valence-electron chi connectivity index (χ2n) is 3.85. The maximum absolute atomic E-state index is 5.70. The maximum atomic E-state index is 5.70. The van der Waals surface area contributed by atoms with Gasteiger partial charge in [0.1, 0.15) is 6.61 Å². The van der Waals surface area contributed by atoms with E-state index >= 15 is 0 Å². The summed E-state index contributed by atoms with van der Waals surface area (Å²) in [5.41, 5.74) is 5.66. The van der Waals surface area contributed by atoms with E-state index in [1.54, 1.807) is 18.3 Å². The van der Waals surface area contributed by atoms with Crippen molar-refractivity contribution in [3.8, 4) is 5.88 Å². The molecule has 1 aliphatic carbocycles. The summed E-state index contributed by atoms with van der Waals surface area (Å²) in [4.78, 5) is 8.15. The molecule has 3 N–H and O–H groups in total. The Labute approximate surface area is 105 Å². The fourth-order valence-electron chi connectivity index (χ4n) is 1.25. The maximum Gasteiger partial charge on any atom is 0.213 e. The Kier molecular flexibility index (Phi) is 4.03. The Hall–Kier alpha value is -1.49. The van der Waals surface area contributed by atoms with Gasteiger partial charge in [0.25, 0.3) is 0 Å². The van der Waals surface area contributed by atoms with E-state index in [0.29, 0.717) is 36.1 Å². The van der Waals surface area contributed by atoms with E-state index in [0.717, 1.165) is 0 Å². The smallest absolute Gasteiger partial charge is 0.213 e. The van der Waals surface area contributed by atoms with Crippen molar-refractivity contribution < 1.29 is 4.74 Å². The average Bonchev–Trinajstić information content (AvgIpc) is 3.11. The zero-order chi connectivity index (χ0) is 12.1. The molecule has 92 valence electrons. The van der Waals surface area contributed by atoms with E-state index in [1.165, 1.54) is 12.8 Å². The van der Waals surface area contributed by atoms with Crippen LogP contribution in [0.5, 0.6) is 5.88 Å². The minimum absolute atomic E-state index is 0.446. The third-order valence-electron chi connectivity index (χ3n) is 2.25. The zero-order valence-corrected chi connectivity index (χ0v) is 10.2. The second kappa shape index (κ2) is 5.72. The van der Waals surface area contributed by atoms with Crippen LogP contribution in [0.3, 0.4) is 0 Å². The van der Waals surface area contributed by atoms with Crippen LogP contribution < -0.4 is 15.8 Å². The number of guanidine groups is 1. The molecule has 1 fully saturated rings. The van der Waals surface area contributed by atoms with Gasteiger partial charge < -0.3 is 15.8 Å². The molecule has 0 amide bonds. The summed E-state index contributed by atoms with van der Waals surface area (Å²) in [6, 6.07) is 3.98. The third-order valence-corrected chi connectivity index (χ3v) is 2.48. The standard InChI is InChI=1S/C11H15ClN4O/c12-8-1-4-10(15-7-8)17-6-5-14-11(13)16-9-2-3-9/h1,4,7,9H,2-3,5-6H2,(H3,13,14,16). The predicted molar refractivity (Wildman–Crippen MR) is 67.4 cm³/mol. The molecular formula is C11H15ClN4O. The lowest BCUT2D eigenvalue weighted by atomic mass is 10.5. The first kappa shape index (κ1) is 12.0. The number of pyridine rings is 1. The van der Waals surface area contributed by atoms with Crippen LogP contribution >= 0.6 is 11.6 Å². The number of aromatic nitrogens is 1. The Bertz CT molecular complexity index is 389. The van der Waals surface area contributed by atoms with Crippen molar-refractivity contribution in [2.24, 2.45) is 10.7 Å². The molecule has 6 heteroatoms. The van der Waals surface area contributed by atoms with Gasteiger partial charge in [0.05, 0.1) is 11.6 Å². The number of ether oxygens (including phenoxy) is 1. The Morgan fingerprint density at radius 3 is 3.06 bits per heavy atom. The highest BCUT2D eigenvalue weighted by atomic mass is 35.5. The van der Waals surface area contributed by atoms with Crippen molar-refractivity contribution in [3.05, 3.63) is 23.4 Å². The van der Waals surface area contributed by atoms with Crippen molar-refractivity contribution in [3.63, 3.8) is 0 Å². The van der Waals surface area contributed by atoms with Crippen LogP contribution in [0.15, 0.2) is 23.3 Å². The van der Waals surface area contributed by atoms with Gasteiger partial charge in [-0.2, -0.15) is 0 Å². The fourth-order valence-corrected chi connectivity index (χ4v) is 1.36. The van der Waals surface area contributed by atoms with Crippen LogP contribution in [0, 0.1) is 0 Å². The van der Waals surface area contributed by atoms with Crippen LogP contribution in [0.4, 0.5) is 0 Å². The van der Waals surface area contributed by atoms with Crippen LogP contribution in [0.25, 0.3) is 0 Å². The van der Waals surface area contributed by atoms with Gasteiger partial charge in [-0.05, 0) is 18.9 Å². The summed E-state index contributed by atoms with van der Waals surface area (Å²) >= 11 is 5.70. The lowest BCUT2D eigenvalue weighted by Gasteiger charge is -2.04. The highest BCUT2D eigenvalue weighted by Crippen LogP contribution is 2.17. The molecule has 1 aromatic rings. The van der Waals surface area contributed by atoms with Gasteiger partial charge in [0.15, 0.2) is 5.96 Å². The molecule has 0 aromatic carbocycles. The van der Waals surface area contributed by atoms with Crippen LogP contribution in [0.1, 0.15) is 12.8 Å². The molecular weight excluding hydrogens is 240 g/mol. The van der Waals surface area contributed by atoms with Crippen molar-refractivity contribution in [2.45, 2.75) is 18.9 Å². The first-order valence-electron chi connectivity index (χ1n) is 5.55. The Balaban J connectivity index is 1.66. The molecule has 0 atom stereocenters. The van der Waals surface area contributed by atoms with Crippen molar-refractivity contribution in [1.29, 1.82) is 0 Å².